The molecule has 1 atom stereocenters. The number of Topliss-reactive ketones (excluding diaryl/α,β-unsaturated/α-hetero) is 1. The van der Waals surface area contributed by atoms with Crippen LogP contribution in [0.1, 0.15) is 17.5 Å². The van der Waals surface area contributed by atoms with Crippen molar-refractivity contribution in [2.45, 2.75) is 19.5 Å². The van der Waals surface area contributed by atoms with Crippen LogP contribution in [0.4, 0.5) is 0 Å². The van der Waals surface area contributed by atoms with E-state index in [1.165, 1.54) is 0 Å². The lowest BCUT2D eigenvalue weighted by Gasteiger charge is -2.23. The Bertz CT molecular complexity index is 704. The van der Waals surface area contributed by atoms with E-state index in [4.69, 9.17) is 5.11 Å². The molecule has 0 saturated carbocycles. The van der Waals surface area contributed by atoms with Gasteiger partial charge in [-0.2, -0.15) is 0 Å². The molecule has 0 aliphatic carbocycles. The van der Waals surface area contributed by atoms with Gasteiger partial charge in [0.05, 0.1) is 0 Å². The molecule has 0 heterocycles. The van der Waals surface area contributed by atoms with Gasteiger partial charge < -0.3 is 10.2 Å². The van der Waals surface area contributed by atoms with Crippen LogP contribution in [0.25, 0.3) is 0 Å². The third kappa shape index (κ3) is 5.82. The summed E-state index contributed by atoms with van der Waals surface area (Å²) in [6.45, 7) is 1.44. The van der Waals surface area contributed by atoms with E-state index < -0.39 is 23.6 Å². The first-order valence-electron chi connectivity index (χ1n) is 8.27. The predicted molar refractivity (Wildman–Crippen MR) is 95.4 cm³/mol. The summed E-state index contributed by atoms with van der Waals surface area (Å²) in [4.78, 5) is 35.7. The third-order valence-electron chi connectivity index (χ3n) is 4.06. The Morgan fingerprint density at radius 2 is 1.27 bits per heavy atom. The minimum atomic E-state index is -1.71. The van der Waals surface area contributed by atoms with Crippen LogP contribution in [-0.2, 0) is 27.5 Å². The van der Waals surface area contributed by atoms with E-state index in [1.54, 1.807) is 0 Å². The summed E-state index contributed by atoms with van der Waals surface area (Å²) in [5.74, 6) is -5.94. The van der Waals surface area contributed by atoms with E-state index in [9.17, 15) is 19.5 Å². The Kier molecular flexibility index (Phi) is 7.05. The molecule has 0 radical (unpaired) electrons. The second-order valence-corrected chi connectivity index (χ2v) is 6.03. The minimum absolute atomic E-state index is 0.0554. The van der Waals surface area contributed by atoms with Crippen LogP contribution in [0.2, 0.25) is 0 Å². The normalized spacial score (nSPS) is 11.9. The summed E-state index contributed by atoms with van der Waals surface area (Å²) in [6.07, 6.45) is -0.0554. The highest BCUT2D eigenvalue weighted by Gasteiger charge is 2.31. The van der Waals surface area contributed by atoms with Crippen molar-refractivity contribution in [1.82, 2.24) is 4.90 Å². The molecule has 0 aromatic heterocycles. The summed E-state index contributed by atoms with van der Waals surface area (Å²) < 4.78 is 0. The number of carbonyl (C=O) groups is 3. The molecule has 6 nitrogen and oxygen atoms in total. The lowest BCUT2D eigenvalue weighted by Crippen LogP contribution is -2.34. The van der Waals surface area contributed by atoms with Gasteiger partial charge in [-0.05, 0) is 17.5 Å². The molecule has 0 amide bonds. The summed E-state index contributed by atoms with van der Waals surface area (Å²) in [6, 6.07) is 19.4. The number of carbonyl (C=O) groups excluding carboxylic acids is 1. The van der Waals surface area contributed by atoms with Crippen LogP contribution in [0.5, 0.6) is 0 Å². The van der Waals surface area contributed by atoms with Gasteiger partial charge in [-0.3, -0.25) is 14.5 Å². The van der Waals surface area contributed by atoms with Gasteiger partial charge >= 0.3 is 11.9 Å². The molecule has 2 N–H and O–H groups in total. The van der Waals surface area contributed by atoms with Crippen LogP contribution < -0.4 is 0 Å². The molecular formula is C20H21NO5. The van der Waals surface area contributed by atoms with E-state index in [-0.39, 0.29) is 6.42 Å². The molecule has 2 rings (SSSR count). The first-order valence-corrected chi connectivity index (χ1v) is 8.27. The van der Waals surface area contributed by atoms with Crippen LogP contribution in [0, 0.1) is 5.92 Å². The average molecular weight is 355 g/mol. The van der Waals surface area contributed by atoms with Gasteiger partial charge in [-0.25, -0.2) is 4.79 Å². The summed E-state index contributed by atoms with van der Waals surface area (Å²) in [5, 5.41) is 18.0. The Morgan fingerprint density at radius 3 is 1.65 bits per heavy atom. The average Bonchev–Trinajstić information content (AvgIpc) is 2.63. The molecule has 0 spiro atoms. The van der Waals surface area contributed by atoms with Gasteiger partial charge in [0, 0.05) is 19.6 Å². The topological polar surface area (TPSA) is 94.9 Å². The highest BCUT2D eigenvalue weighted by molar-refractivity contribution is 6.37. The number of carboxylic acids is 2. The molecule has 2 aromatic rings. The summed E-state index contributed by atoms with van der Waals surface area (Å²) >= 11 is 0. The van der Waals surface area contributed by atoms with Crippen molar-refractivity contribution >= 4 is 17.7 Å². The zero-order valence-corrected chi connectivity index (χ0v) is 14.2. The highest BCUT2D eigenvalue weighted by Crippen LogP contribution is 2.14. The number of aliphatic carboxylic acids is 2. The fourth-order valence-corrected chi connectivity index (χ4v) is 2.72. The molecular weight excluding hydrogens is 334 g/mol. The molecule has 136 valence electrons. The minimum Gasteiger partial charge on any atom is -0.481 e. The van der Waals surface area contributed by atoms with E-state index in [0.29, 0.717) is 19.6 Å². The maximum atomic E-state index is 11.6. The number of benzene rings is 2. The zero-order chi connectivity index (χ0) is 18.9. The maximum absolute atomic E-state index is 11.6. The molecule has 0 aliphatic heterocycles. The van der Waals surface area contributed by atoms with Crippen LogP contribution in [0.15, 0.2) is 60.7 Å². The molecule has 0 saturated heterocycles. The fourth-order valence-electron chi connectivity index (χ4n) is 2.72. The van der Waals surface area contributed by atoms with Crippen LogP contribution in [-0.4, -0.2) is 39.4 Å². The molecule has 0 fully saturated rings. The van der Waals surface area contributed by atoms with Gasteiger partial charge in [-0.15, -0.1) is 0 Å². The highest BCUT2D eigenvalue weighted by atomic mass is 16.4. The molecule has 1 unspecified atom stereocenters. The first kappa shape index (κ1) is 19.3. The van der Waals surface area contributed by atoms with Crippen LogP contribution in [0.3, 0.4) is 0 Å². The first-order chi connectivity index (χ1) is 12.5. The van der Waals surface area contributed by atoms with Crippen molar-refractivity contribution in [2.24, 2.45) is 5.92 Å². The Hall–Kier alpha value is -2.99. The van der Waals surface area contributed by atoms with Gasteiger partial charge in [0.15, 0.2) is 0 Å². The molecule has 0 aliphatic rings. The van der Waals surface area contributed by atoms with Crippen molar-refractivity contribution < 1.29 is 24.6 Å². The number of ketones is 1. The van der Waals surface area contributed by atoms with Gasteiger partial charge in [0.1, 0.15) is 5.92 Å². The standard InChI is InChI=1S/C20H21NO5/c22-18(20(25)26)17(19(23)24)11-12-21(13-15-7-3-1-4-8-15)14-16-9-5-2-6-10-16/h1-10,17H,11-14H2,(H,23,24)(H,25,26). The zero-order valence-electron chi connectivity index (χ0n) is 14.2. The van der Waals surface area contributed by atoms with E-state index in [0.717, 1.165) is 11.1 Å². The summed E-state index contributed by atoms with van der Waals surface area (Å²) in [5.41, 5.74) is 2.11. The Labute approximate surface area is 151 Å². The smallest absolute Gasteiger partial charge is 0.373 e. The van der Waals surface area contributed by atoms with Gasteiger partial charge in [0.2, 0.25) is 0 Å². The predicted octanol–water partition coefficient (Wildman–Crippen LogP) is 2.43. The van der Waals surface area contributed by atoms with Gasteiger partial charge in [0.25, 0.3) is 5.78 Å². The number of carboxylic acid groups (broad SMARTS) is 2. The van der Waals surface area contributed by atoms with E-state index >= 15 is 0 Å². The molecule has 0 bridgehead atoms. The largest absolute Gasteiger partial charge is 0.481 e. The van der Waals surface area contributed by atoms with Crippen molar-refractivity contribution in [3.05, 3.63) is 71.8 Å². The van der Waals surface area contributed by atoms with Crippen molar-refractivity contribution in [1.29, 1.82) is 0 Å². The lowest BCUT2D eigenvalue weighted by molar-refractivity contribution is -0.157. The monoisotopic (exact) mass is 355 g/mol. The molecule has 26 heavy (non-hydrogen) atoms. The fraction of sp³-hybridized carbons (Fsp3) is 0.250. The Balaban J connectivity index is 2.10. The SMILES string of the molecule is O=C(O)C(=O)C(CCN(Cc1ccccc1)Cc1ccccc1)C(=O)O. The van der Waals surface area contributed by atoms with Crippen molar-refractivity contribution in [2.75, 3.05) is 6.54 Å². The number of hydrogen-bond donors (Lipinski definition) is 2. The van der Waals surface area contributed by atoms with E-state index in [1.807, 2.05) is 65.6 Å². The summed E-state index contributed by atoms with van der Waals surface area (Å²) in [7, 11) is 0. The van der Waals surface area contributed by atoms with Gasteiger partial charge in [-0.1, -0.05) is 60.7 Å². The number of nitrogens with zero attached hydrogens (tertiary/aromatic N) is 1. The molecule has 2 aromatic carbocycles. The third-order valence-corrected chi connectivity index (χ3v) is 4.06. The second kappa shape index (κ2) is 9.48. The maximum Gasteiger partial charge on any atom is 0.373 e. The van der Waals surface area contributed by atoms with Crippen LogP contribution >= 0.6 is 0 Å². The number of rotatable bonds is 10. The quantitative estimate of drug-likeness (QED) is 0.502. The number of hydrogen-bond acceptors (Lipinski definition) is 4. The van der Waals surface area contributed by atoms with Crippen molar-refractivity contribution in [3.8, 4) is 0 Å². The van der Waals surface area contributed by atoms with Crippen molar-refractivity contribution in [3.63, 3.8) is 0 Å². The van der Waals surface area contributed by atoms with E-state index in [2.05, 4.69) is 0 Å². The lowest BCUT2D eigenvalue weighted by atomic mass is 9.99. The molecule has 6 heteroatoms. The second-order valence-electron chi connectivity index (χ2n) is 6.03. The Morgan fingerprint density at radius 1 is 0.808 bits per heavy atom.